The number of carbonyl (C=O) groups is 1. The van der Waals surface area contributed by atoms with E-state index >= 15 is 0 Å². The molecule has 1 aromatic carbocycles. The first kappa shape index (κ1) is 23.7. The van der Waals surface area contributed by atoms with Crippen LogP contribution in [0.5, 0.6) is 0 Å². The number of rotatable bonds is 4. The van der Waals surface area contributed by atoms with Crippen LogP contribution >= 0.6 is 0 Å². The van der Waals surface area contributed by atoms with E-state index in [1.807, 2.05) is 0 Å². The van der Waals surface area contributed by atoms with Crippen LogP contribution in [0, 0.1) is 18.6 Å². The summed E-state index contributed by atoms with van der Waals surface area (Å²) in [5.74, 6) is -1.81. The fraction of sp³-hybridized carbons (Fsp3) is 0.269. The van der Waals surface area contributed by atoms with Crippen LogP contribution < -0.4 is 5.56 Å². The molecule has 1 aliphatic rings. The maximum atomic E-state index is 14.9. The van der Waals surface area contributed by atoms with Crippen molar-refractivity contribution in [3.63, 3.8) is 0 Å². The van der Waals surface area contributed by atoms with Gasteiger partial charge in [-0.05, 0) is 49.6 Å². The van der Waals surface area contributed by atoms with Crippen LogP contribution in [0.15, 0.2) is 47.4 Å². The van der Waals surface area contributed by atoms with Crippen LogP contribution in [0.1, 0.15) is 52.3 Å². The number of pyridine rings is 2. The predicted octanol–water partition coefficient (Wildman–Crippen LogP) is 4.39. The second-order valence-electron chi connectivity index (χ2n) is 8.61. The molecule has 4 heterocycles. The zero-order chi connectivity index (χ0) is 25.4. The van der Waals surface area contributed by atoms with Gasteiger partial charge in [-0.1, -0.05) is 0 Å². The third-order valence-corrected chi connectivity index (χ3v) is 6.32. The Bertz CT molecular complexity index is 1520. The number of fused-ring (bicyclic) bond motifs is 1. The molecule has 1 aliphatic heterocycles. The van der Waals surface area contributed by atoms with E-state index in [2.05, 4.69) is 15.0 Å². The third kappa shape index (κ3) is 4.47. The second kappa shape index (κ2) is 9.54. The number of carbonyl (C=O) groups excluding carboxylic acids is 1. The van der Waals surface area contributed by atoms with Gasteiger partial charge in [0.05, 0.1) is 30.2 Å². The number of hydrogen-bond acceptors (Lipinski definition) is 7. The minimum absolute atomic E-state index is 0.0655. The Morgan fingerprint density at radius 1 is 1.14 bits per heavy atom. The van der Waals surface area contributed by atoms with Crippen LogP contribution in [0.25, 0.3) is 22.3 Å². The highest BCUT2D eigenvalue weighted by atomic mass is 19.1. The smallest absolute Gasteiger partial charge is 0.339 e. The van der Waals surface area contributed by atoms with E-state index in [-0.39, 0.29) is 40.0 Å². The van der Waals surface area contributed by atoms with Crippen molar-refractivity contribution in [2.24, 2.45) is 0 Å². The van der Waals surface area contributed by atoms with Crippen molar-refractivity contribution in [2.45, 2.75) is 31.8 Å². The monoisotopic (exact) mass is 492 g/mol. The van der Waals surface area contributed by atoms with Crippen molar-refractivity contribution in [1.29, 1.82) is 0 Å². The minimum atomic E-state index is -0.792. The van der Waals surface area contributed by atoms with Gasteiger partial charge in [0.25, 0.3) is 0 Å². The van der Waals surface area contributed by atoms with E-state index in [0.717, 1.165) is 17.7 Å². The number of benzene rings is 1. The number of aromatic amines is 1. The Hall–Kier alpha value is -4.05. The number of nitrogens with one attached hydrogen (secondary N) is 1. The van der Waals surface area contributed by atoms with E-state index < -0.39 is 17.6 Å². The second-order valence-corrected chi connectivity index (χ2v) is 8.61. The Balaban J connectivity index is 1.64. The summed E-state index contributed by atoms with van der Waals surface area (Å²) in [6.07, 6.45) is 2.48. The molecule has 1 saturated heterocycles. The number of H-pyrrole nitrogens is 1. The maximum absolute atomic E-state index is 14.9. The van der Waals surface area contributed by atoms with E-state index in [1.54, 1.807) is 19.2 Å². The molecule has 3 aromatic heterocycles. The van der Waals surface area contributed by atoms with Crippen molar-refractivity contribution in [2.75, 3.05) is 13.7 Å². The van der Waals surface area contributed by atoms with E-state index in [0.29, 0.717) is 36.4 Å². The summed E-state index contributed by atoms with van der Waals surface area (Å²) in [7, 11) is 1.26. The van der Waals surface area contributed by atoms with E-state index in [4.69, 9.17) is 14.5 Å². The number of esters is 1. The average Bonchev–Trinajstić information content (AvgIpc) is 2.88. The number of halogens is 2. The molecule has 8 nitrogen and oxygen atoms in total. The van der Waals surface area contributed by atoms with Gasteiger partial charge < -0.3 is 14.5 Å². The summed E-state index contributed by atoms with van der Waals surface area (Å²) in [6.45, 7) is 2.09. The minimum Gasteiger partial charge on any atom is -0.465 e. The lowest BCUT2D eigenvalue weighted by Gasteiger charge is -2.29. The van der Waals surface area contributed by atoms with Crippen LogP contribution in [0.2, 0.25) is 0 Å². The first-order chi connectivity index (χ1) is 17.3. The molecule has 0 spiro atoms. The molecule has 0 unspecified atom stereocenters. The van der Waals surface area contributed by atoms with Gasteiger partial charge in [-0.15, -0.1) is 0 Å². The molecule has 0 aliphatic carbocycles. The maximum Gasteiger partial charge on any atom is 0.339 e. The molecular weight excluding hydrogens is 470 g/mol. The number of ether oxygens (including phenoxy) is 2. The number of methoxy groups -OCH3 is 1. The lowest BCUT2D eigenvalue weighted by atomic mass is 9.91. The summed E-state index contributed by atoms with van der Waals surface area (Å²) in [4.78, 5) is 40.3. The summed E-state index contributed by atoms with van der Waals surface area (Å²) < 4.78 is 39.3. The van der Waals surface area contributed by atoms with Crippen molar-refractivity contribution in [3.05, 3.63) is 87.2 Å². The normalized spacial score (nSPS) is 17.8. The van der Waals surface area contributed by atoms with Gasteiger partial charge in [-0.2, -0.15) is 0 Å². The standard InChI is InChI=1S/C26H22F2N4O4/c1-13-18(26(34)35-2)11-19-23(17-5-4-16(27)10-20(17)28)31-24(32-25(19)30-13)14-7-8-36-21(9-14)15-3-6-22(33)29-12-15/h3-6,10-12,14,21H,7-9H2,1-2H3,(H,29,33)/t14-,21+/m0/s1. The molecule has 0 amide bonds. The van der Waals surface area contributed by atoms with Crippen molar-refractivity contribution < 1.29 is 23.0 Å². The van der Waals surface area contributed by atoms with Crippen molar-refractivity contribution in [3.8, 4) is 11.3 Å². The predicted molar refractivity (Wildman–Crippen MR) is 126 cm³/mol. The molecule has 2 atom stereocenters. The van der Waals surface area contributed by atoms with Crippen LogP contribution in [0.4, 0.5) is 8.78 Å². The third-order valence-electron chi connectivity index (χ3n) is 6.32. The Kier molecular flexibility index (Phi) is 6.27. The Morgan fingerprint density at radius 2 is 1.97 bits per heavy atom. The molecule has 36 heavy (non-hydrogen) atoms. The van der Waals surface area contributed by atoms with Gasteiger partial charge in [-0.3, -0.25) is 4.79 Å². The zero-order valence-electron chi connectivity index (χ0n) is 19.5. The first-order valence-electron chi connectivity index (χ1n) is 11.4. The molecule has 1 N–H and O–H groups in total. The molecular formula is C26H22F2N4O4. The van der Waals surface area contributed by atoms with Crippen LogP contribution in [0.3, 0.4) is 0 Å². The highest BCUT2D eigenvalue weighted by Gasteiger charge is 2.29. The topological polar surface area (TPSA) is 107 Å². The average molecular weight is 492 g/mol. The molecule has 0 bridgehead atoms. The van der Waals surface area contributed by atoms with Gasteiger partial charge >= 0.3 is 5.97 Å². The fourth-order valence-electron chi connectivity index (χ4n) is 4.43. The summed E-state index contributed by atoms with van der Waals surface area (Å²) in [5.41, 5.74) is 1.78. The van der Waals surface area contributed by atoms with E-state index in [1.165, 1.54) is 25.3 Å². The number of nitrogens with zero attached hydrogens (tertiary/aromatic N) is 3. The molecule has 10 heteroatoms. The highest BCUT2D eigenvalue weighted by Crippen LogP contribution is 2.38. The lowest BCUT2D eigenvalue weighted by molar-refractivity contribution is 0.00381. The molecule has 0 saturated carbocycles. The largest absolute Gasteiger partial charge is 0.465 e. The molecule has 0 radical (unpaired) electrons. The summed E-state index contributed by atoms with van der Waals surface area (Å²) in [6, 6.07) is 7.92. The Labute approximate surface area is 204 Å². The summed E-state index contributed by atoms with van der Waals surface area (Å²) >= 11 is 0. The molecule has 184 valence electrons. The number of aromatic nitrogens is 4. The van der Waals surface area contributed by atoms with Crippen LogP contribution in [-0.4, -0.2) is 39.6 Å². The molecule has 5 rings (SSSR count). The van der Waals surface area contributed by atoms with Gasteiger partial charge in [0.15, 0.2) is 5.65 Å². The van der Waals surface area contributed by atoms with Gasteiger partial charge in [0.1, 0.15) is 17.5 Å². The summed E-state index contributed by atoms with van der Waals surface area (Å²) in [5, 5.41) is 0.347. The lowest BCUT2D eigenvalue weighted by Crippen LogP contribution is -2.21. The SMILES string of the molecule is COC(=O)c1cc2c(-c3ccc(F)cc3F)nc([C@H]3CCO[C@@H](c4ccc(=O)[nH]c4)C3)nc2nc1C. The molecule has 4 aromatic rings. The first-order valence-corrected chi connectivity index (χ1v) is 11.4. The highest BCUT2D eigenvalue weighted by molar-refractivity contribution is 5.98. The van der Waals surface area contributed by atoms with Gasteiger partial charge in [0, 0.05) is 41.8 Å². The number of hydrogen-bond donors (Lipinski definition) is 1. The van der Waals surface area contributed by atoms with Crippen molar-refractivity contribution >= 4 is 17.0 Å². The fourth-order valence-corrected chi connectivity index (χ4v) is 4.43. The van der Waals surface area contributed by atoms with E-state index in [9.17, 15) is 18.4 Å². The van der Waals surface area contributed by atoms with Gasteiger partial charge in [-0.25, -0.2) is 28.5 Å². The quantitative estimate of drug-likeness (QED) is 0.421. The number of aryl methyl sites for hydroxylation is 1. The van der Waals surface area contributed by atoms with Gasteiger partial charge in [0.2, 0.25) is 5.56 Å². The molecule has 1 fully saturated rings. The Morgan fingerprint density at radius 3 is 2.69 bits per heavy atom. The zero-order valence-corrected chi connectivity index (χ0v) is 19.5. The van der Waals surface area contributed by atoms with Crippen LogP contribution in [-0.2, 0) is 9.47 Å². The van der Waals surface area contributed by atoms with Crippen molar-refractivity contribution in [1.82, 2.24) is 19.9 Å².